The molecular formula is C17H20FN5O2S2. The maximum absolute atomic E-state index is 13.0. The van der Waals surface area contributed by atoms with E-state index in [9.17, 15) is 12.8 Å². The highest BCUT2D eigenvalue weighted by Crippen LogP contribution is 2.24. The van der Waals surface area contributed by atoms with Gasteiger partial charge in [0.1, 0.15) is 5.82 Å². The lowest BCUT2D eigenvalue weighted by molar-refractivity contribution is 0.295. The second kappa shape index (κ2) is 7.53. The molecule has 3 heterocycles. The summed E-state index contributed by atoms with van der Waals surface area (Å²) in [5.74, 6) is 0.261. The summed E-state index contributed by atoms with van der Waals surface area (Å²) >= 11 is 1.46. The van der Waals surface area contributed by atoms with Gasteiger partial charge in [-0.05, 0) is 37.2 Å². The minimum absolute atomic E-state index is 0.264. The van der Waals surface area contributed by atoms with Crippen LogP contribution in [0.15, 0.2) is 30.5 Å². The average molecular weight is 410 g/mol. The highest BCUT2D eigenvalue weighted by atomic mass is 32.2. The molecule has 1 aromatic carbocycles. The molecule has 0 amide bonds. The number of nitrogens with one attached hydrogen (secondary N) is 1. The number of halogens is 1. The van der Waals surface area contributed by atoms with Crippen molar-refractivity contribution >= 4 is 31.3 Å². The molecule has 1 N–H and O–H groups in total. The van der Waals surface area contributed by atoms with Gasteiger partial charge in [0, 0.05) is 25.2 Å². The number of aromatic nitrogens is 3. The molecule has 0 unspecified atom stereocenters. The van der Waals surface area contributed by atoms with E-state index in [0.29, 0.717) is 13.1 Å². The summed E-state index contributed by atoms with van der Waals surface area (Å²) in [6.07, 6.45) is 2.75. The predicted molar refractivity (Wildman–Crippen MR) is 104 cm³/mol. The molecule has 1 aliphatic heterocycles. The number of imidazole rings is 1. The molecule has 0 saturated carbocycles. The molecule has 1 aliphatic rings. The van der Waals surface area contributed by atoms with E-state index in [-0.39, 0.29) is 17.3 Å². The number of fused-ring (bicyclic) bond motifs is 1. The molecule has 4 rings (SSSR count). The lowest BCUT2D eigenvalue weighted by Crippen LogP contribution is -2.41. The summed E-state index contributed by atoms with van der Waals surface area (Å²) < 4.78 is 37.6. The summed E-state index contributed by atoms with van der Waals surface area (Å²) in [6, 6.07) is 6.24. The molecule has 0 atom stereocenters. The van der Waals surface area contributed by atoms with Crippen LogP contribution in [0.1, 0.15) is 6.42 Å². The zero-order valence-corrected chi connectivity index (χ0v) is 16.3. The van der Waals surface area contributed by atoms with Gasteiger partial charge in [-0.3, -0.25) is 0 Å². The zero-order chi connectivity index (χ0) is 18.9. The molecule has 7 nitrogen and oxygen atoms in total. The Bertz CT molecular complexity index is 984. The Morgan fingerprint density at radius 3 is 2.63 bits per heavy atom. The lowest BCUT2D eigenvalue weighted by Gasteiger charge is -2.26. The number of hydrogen-bond acceptors (Lipinski definition) is 7. The molecule has 3 aromatic rings. The van der Waals surface area contributed by atoms with Gasteiger partial charge >= 0.3 is 0 Å². The SMILES string of the molecule is O=S1(=O)CCN(CCCNc2nn3cc(-c4ccc(F)cc4)nc3s2)CC1. The van der Waals surface area contributed by atoms with Gasteiger partial charge in [0.05, 0.1) is 23.4 Å². The van der Waals surface area contributed by atoms with E-state index < -0.39 is 9.84 Å². The second-order valence-electron chi connectivity index (χ2n) is 6.54. The van der Waals surface area contributed by atoms with Crippen molar-refractivity contribution in [1.82, 2.24) is 19.5 Å². The molecule has 1 saturated heterocycles. The quantitative estimate of drug-likeness (QED) is 0.629. The maximum atomic E-state index is 13.0. The van der Waals surface area contributed by atoms with Crippen LogP contribution in [-0.2, 0) is 9.84 Å². The van der Waals surface area contributed by atoms with Crippen LogP contribution in [0.25, 0.3) is 16.2 Å². The molecule has 27 heavy (non-hydrogen) atoms. The summed E-state index contributed by atoms with van der Waals surface area (Å²) in [5, 5.41) is 8.56. The van der Waals surface area contributed by atoms with Crippen LogP contribution >= 0.6 is 11.3 Å². The molecule has 0 aliphatic carbocycles. The van der Waals surface area contributed by atoms with E-state index in [1.807, 2.05) is 6.20 Å². The van der Waals surface area contributed by atoms with Crippen molar-refractivity contribution in [3.63, 3.8) is 0 Å². The van der Waals surface area contributed by atoms with Gasteiger partial charge in [0.2, 0.25) is 10.1 Å². The van der Waals surface area contributed by atoms with Gasteiger partial charge in [-0.15, -0.1) is 5.10 Å². The van der Waals surface area contributed by atoms with Gasteiger partial charge in [-0.1, -0.05) is 11.3 Å². The Balaban J connectivity index is 1.29. The van der Waals surface area contributed by atoms with E-state index in [1.165, 1.54) is 23.5 Å². The predicted octanol–water partition coefficient (Wildman–Crippen LogP) is 2.13. The number of hydrogen-bond donors (Lipinski definition) is 1. The number of benzene rings is 1. The summed E-state index contributed by atoms with van der Waals surface area (Å²) in [4.78, 5) is 7.50. The van der Waals surface area contributed by atoms with Crippen LogP contribution in [0.2, 0.25) is 0 Å². The molecule has 0 bridgehead atoms. The smallest absolute Gasteiger partial charge is 0.214 e. The number of sulfone groups is 1. The van der Waals surface area contributed by atoms with Crippen molar-refractivity contribution in [2.45, 2.75) is 6.42 Å². The van der Waals surface area contributed by atoms with Gasteiger partial charge in [0.15, 0.2) is 9.84 Å². The largest absolute Gasteiger partial charge is 0.360 e. The fourth-order valence-corrected chi connectivity index (χ4v) is 5.09. The van der Waals surface area contributed by atoms with Gasteiger partial charge < -0.3 is 10.2 Å². The van der Waals surface area contributed by atoms with Gasteiger partial charge in [-0.25, -0.2) is 22.3 Å². The van der Waals surface area contributed by atoms with Crippen LogP contribution in [0.4, 0.5) is 9.52 Å². The monoisotopic (exact) mass is 409 g/mol. The lowest BCUT2D eigenvalue weighted by atomic mass is 10.2. The molecule has 2 aromatic heterocycles. The minimum Gasteiger partial charge on any atom is -0.360 e. The molecule has 1 fully saturated rings. The third-order valence-corrected chi connectivity index (χ3v) is 7.04. The first-order chi connectivity index (χ1) is 13.0. The maximum Gasteiger partial charge on any atom is 0.214 e. The molecule has 0 spiro atoms. The Morgan fingerprint density at radius 2 is 1.93 bits per heavy atom. The fraction of sp³-hybridized carbons (Fsp3) is 0.412. The summed E-state index contributed by atoms with van der Waals surface area (Å²) in [6.45, 7) is 2.89. The average Bonchev–Trinajstić information content (AvgIpc) is 3.19. The third kappa shape index (κ3) is 4.45. The van der Waals surface area contributed by atoms with Crippen LogP contribution in [-0.4, -0.2) is 65.6 Å². The standard InChI is InChI=1S/C17H20FN5O2S2/c18-14-4-2-13(3-5-14)15-12-23-17(20-15)26-16(21-23)19-6-1-7-22-8-10-27(24,25)11-9-22/h2-5,12H,1,6-11H2,(H,19,21). The molecule has 144 valence electrons. The number of nitrogens with zero attached hydrogens (tertiary/aromatic N) is 4. The highest BCUT2D eigenvalue weighted by molar-refractivity contribution is 7.91. The van der Waals surface area contributed by atoms with Crippen LogP contribution in [0.3, 0.4) is 0 Å². The number of rotatable bonds is 6. The Kier molecular flexibility index (Phi) is 5.11. The van der Waals surface area contributed by atoms with Crippen LogP contribution < -0.4 is 5.32 Å². The van der Waals surface area contributed by atoms with E-state index >= 15 is 0 Å². The Hall–Kier alpha value is -2.04. The van der Waals surface area contributed by atoms with E-state index in [4.69, 9.17) is 0 Å². The number of anilines is 1. The van der Waals surface area contributed by atoms with Crippen molar-refractivity contribution in [3.05, 3.63) is 36.3 Å². The normalized spacial score (nSPS) is 17.4. The van der Waals surface area contributed by atoms with Crippen molar-refractivity contribution in [2.24, 2.45) is 0 Å². The first-order valence-corrected chi connectivity index (χ1v) is 11.4. The highest BCUT2D eigenvalue weighted by Gasteiger charge is 2.20. The van der Waals surface area contributed by atoms with E-state index in [0.717, 1.165) is 40.9 Å². The molecular weight excluding hydrogens is 389 g/mol. The van der Waals surface area contributed by atoms with E-state index in [2.05, 4.69) is 20.3 Å². The zero-order valence-electron chi connectivity index (χ0n) is 14.6. The van der Waals surface area contributed by atoms with Crippen molar-refractivity contribution in [3.8, 4) is 11.3 Å². The first kappa shape index (κ1) is 18.3. The summed E-state index contributed by atoms with van der Waals surface area (Å²) in [7, 11) is -2.82. The third-order valence-electron chi connectivity index (χ3n) is 4.55. The van der Waals surface area contributed by atoms with Crippen LogP contribution in [0.5, 0.6) is 0 Å². The molecule has 10 heteroatoms. The Labute approximate surface area is 160 Å². The first-order valence-electron chi connectivity index (χ1n) is 8.77. The second-order valence-corrected chi connectivity index (χ2v) is 9.80. The Morgan fingerprint density at radius 1 is 1.19 bits per heavy atom. The van der Waals surface area contributed by atoms with Gasteiger partial charge in [-0.2, -0.15) is 0 Å². The van der Waals surface area contributed by atoms with Crippen molar-refractivity contribution < 1.29 is 12.8 Å². The van der Waals surface area contributed by atoms with Gasteiger partial charge in [0.25, 0.3) is 0 Å². The topological polar surface area (TPSA) is 79.6 Å². The fourth-order valence-electron chi connectivity index (χ4n) is 3.00. The molecule has 0 radical (unpaired) electrons. The van der Waals surface area contributed by atoms with Crippen LogP contribution in [0, 0.1) is 5.82 Å². The van der Waals surface area contributed by atoms with Crippen molar-refractivity contribution in [2.75, 3.05) is 43.0 Å². The van der Waals surface area contributed by atoms with E-state index in [1.54, 1.807) is 16.6 Å². The van der Waals surface area contributed by atoms with Crippen molar-refractivity contribution in [1.29, 1.82) is 0 Å². The minimum atomic E-state index is -2.82. The summed E-state index contributed by atoms with van der Waals surface area (Å²) in [5.41, 5.74) is 1.62.